The SMILES string of the molecule is O=C(CN1C(=O)NC2(CCCCC2)C1=O)N1CCCCC1. The monoisotopic (exact) mass is 293 g/mol. The van der Waals surface area contributed by atoms with Gasteiger partial charge in [-0.2, -0.15) is 0 Å². The first-order valence-electron chi connectivity index (χ1n) is 8.04. The maximum Gasteiger partial charge on any atom is 0.325 e. The highest BCUT2D eigenvalue weighted by Crippen LogP contribution is 2.33. The van der Waals surface area contributed by atoms with Crippen molar-refractivity contribution in [2.24, 2.45) is 0 Å². The van der Waals surface area contributed by atoms with Crippen molar-refractivity contribution in [2.45, 2.75) is 56.9 Å². The van der Waals surface area contributed by atoms with Crippen LogP contribution in [0, 0.1) is 0 Å². The second-order valence-corrected chi connectivity index (χ2v) is 6.41. The van der Waals surface area contributed by atoms with Crippen LogP contribution in [0.15, 0.2) is 0 Å². The standard InChI is InChI=1S/C15H23N3O3/c19-12(17-9-5-2-6-10-17)11-18-13(20)15(16-14(18)21)7-3-1-4-8-15/h1-11H2,(H,16,21). The molecular weight excluding hydrogens is 270 g/mol. The number of carbonyl (C=O) groups is 3. The third-order valence-electron chi connectivity index (χ3n) is 4.96. The van der Waals surface area contributed by atoms with Crippen molar-refractivity contribution in [1.82, 2.24) is 15.1 Å². The molecule has 2 aliphatic heterocycles. The molecule has 3 rings (SSSR count). The molecule has 21 heavy (non-hydrogen) atoms. The Balaban J connectivity index is 1.66. The van der Waals surface area contributed by atoms with Gasteiger partial charge in [0.2, 0.25) is 5.91 Å². The fraction of sp³-hybridized carbons (Fsp3) is 0.800. The maximum atomic E-state index is 12.6. The molecular formula is C15H23N3O3. The number of carbonyl (C=O) groups excluding carboxylic acids is 3. The number of imide groups is 1. The second kappa shape index (κ2) is 5.66. The van der Waals surface area contributed by atoms with E-state index in [4.69, 9.17) is 0 Å². The molecule has 1 saturated carbocycles. The predicted molar refractivity (Wildman–Crippen MR) is 76.5 cm³/mol. The minimum atomic E-state index is -0.725. The summed E-state index contributed by atoms with van der Waals surface area (Å²) in [4.78, 5) is 39.9. The van der Waals surface area contributed by atoms with Crippen LogP contribution in [0.25, 0.3) is 0 Å². The number of nitrogens with one attached hydrogen (secondary N) is 1. The first-order valence-corrected chi connectivity index (χ1v) is 8.04. The van der Waals surface area contributed by atoms with Gasteiger partial charge in [0.25, 0.3) is 5.91 Å². The number of amides is 4. The molecule has 0 unspecified atom stereocenters. The molecule has 0 radical (unpaired) electrons. The van der Waals surface area contributed by atoms with Crippen LogP contribution in [0.3, 0.4) is 0 Å². The number of rotatable bonds is 2. The van der Waals surface area contributed by atoms with E-state index in [1.807, 2.05) is 0 Å². The molecule has 4 amide bonds. The Morgan fingerprint density at radius 2 is 1.62 bits per heavy atom. The lowest BCUT2D eigenvalue weighted by atomic mass is 9.82. The summed E-state index contributed by atoms with van der Waals surface area (Å²) in [6.45, 7) is 1.38. The summed E-state index contributed by atoms with van der Waals surface area (Å²) >= 11 is 0. The van der Waals surface area contributed by atoms with Crippen molar-refractivity contribution in [3.63, 3.8) is 0 Å². The lowest BCUT2D eigenvalue weighted by Crippen LogP contribution is -2.49. The summed E-state index contributed by atoms with van der Waals surface area (Å²) in [5.74, 6) is -0.302. The second-order valence-electron chi connectivity index (χ2n) is 6.41. The van der Waals surface area contributed by atoms with Crippen molar-refractivity contribution in [1.29, 1.82) is 0 Å². The van der Waals surface area contributed by atoms with E-state index in [2.05, 4.69) is 5.32 Å². The maximum absolute atomic E-state index is 12.6. The van der Waals surface area contributed by atoms with Gasteiger partial charge < -0.3 is 10.2 Å². The average molecular weight is 293 g/mol. The molecule has 0 aromatic rings. The van der Waals surface area contributed by atoms with Crippen LogP contribution in [-0.2, 0) is 9.59 Å². The third kappa shape index (κ3) is 2.63. The van der Waals surface area contributed by atoms with Gasteiger partial charge in [0.15, 0.2) is 0 Å². The molecule has 1 spiro atoms. The van der Waals surface area contributed by atoms with Crippen molar-refractivity contribution in [2.75, 3.05) is 19.6 Å². The number of hydrogen-bond acceptors (Lipinski definition) is 3. The van der Waals surface area contributed by atoms with Gasteiger partial charge >= 0.3 is 6.03 Å². The van der Waals surface area contributed by atoms with Crippen molar-refractivity contribution in [3.8, 4) is 0 Å². The molecule has 6 heteroatoms. The Morgan fingerprint density at radius 3 is 2.29 bits per heavy atom. The summed E-state index contributed by atoms with van der Waals surface area (Å²) in [5, 5.41) is 2.84. The number of likely N-dealkylation sites (tertiary alicyclic amines) is 1. The van der Waals surface area contributed by atoms with E-state index in [0.717, 1.165) is 56.5 Å². The number of hydrogen-bond donors (Lipinski definition) is 1. The lowest BCUT2D eigenvalue weighted by Gasteiger charge is -2.31. The van der Waals surface area contributed by atoms with Gasteiger partial charge in [-0.05, 0) is 32.1 Å². The van der Waals surface area contributed by atoms with Crippen molar-refractivity contribution >= 4 is 17.8 Å². The van der Waals surface area contributed by atoms with E-state index in [0.29, 0.717) is 12.8 Å². The van der Waals surface area contributed by atoms with Gasteiger partial charge in [-0.3, -0.25) is 14.5 Å². The van der Waals surface area contributed by atoms with Gasteiger partial charge in [-0.15, -0.1) is 0 Å². The minimum absolute atomic E-state index is 0.105. The molecule has 1 N–H and O–H groups in total. The van der Waals surface area contributed by atoms with E-state index in [-0.39, 0.29) is 18.4 Å². The molecule has 6 nitrogen and oxygen atoms in total. The van der Waals surface area contributed by atoms with Crippen LogP contribution in [0.2, 0.25) is 0 Å². The van der Waals surface area contributed by atoms with Crippen LogP contribution in [-0.4, -0.2) is 52.8 Å². The van der Waals surface area contributed by atoms with Gasteiger partial charge in [0.1, 0.15) is 12.1 Å². The molecule has 1 aliphatic carbocycles. The Hall–Kier alpha value is -1.59. The lowest BCUT2D eigenvalue weighted by molar-refractivity contribution is -0.140. The summed E-state index contributed by atoms with van der Waals surface area (Å²) in [5.41, 5.74) is -0.725. The number of nitrogens with zero attached hydrogens (tertiary/aromatic N) is 2. The highest BCUT2D eigenvalue weighted by atomic mass is 16.2. The summed E-state index contributed by atoms with van der Waals surface area (Å²) in [6, 6.07) is -0.396. The third-order valence-corrected chi connectivity index (χ3v) is 4.96. The first kappa shape index (κ1) is 14.4. The van der Waals surface area contributed by atoms with E-state index >= 15 is 0 Å². The Kier molecular flexibility index (Phi) is 3.87. The smallest absolute Gasteiger partial charge is 0.325 e. The summed E-state index contributed by atoms with van der Waals surface area (Å²) < 4.78 is 0. The van der Waals surface area contributed by atoms with Crippen LogP contribution in [0.1, 0.15) is 51.4 Å². The molecule has 0 bridgehead atoms. The van der Waals surface area contributed by atoms with Crippen LogP contribution in [0.4, 0.5) is 4.79 Å². The minimum Gasteiger partial charge on any atom is -0.341 e. The summed E-state index contributed by atoms with van der Waals surface area (Å²) in [7, 11) is 0. The largest absolute Gasteiger partial charge is 0.341 e. The quantitative estimate of drug-likeness (QED) is 0.779. The molecule has 116 valence electrons. The average Bonchev–Trinajstić information content (AvgIpc) is 2.73. The fourth-order valence-corrected chi connectivity index (χ4v) is 3.69. The zero-order valence-electron chi connectivity index (χ0n) is 12.4. The Labute approximate surface area is 124 Å². The Morgan fingerprint density at radius 1 is 1.00 bits per heavy atom. The van der Waals surface area contributed by atoms with Crippen molar-refractivity contribution in [3.05, 3.63) is 0 Å². The molecule has 3 aliphatic rings. The van der Waals surface area contributed by atoms with Gasteiger partial charge in [-0.25, -0.2) is 4.79 Å². The first-order chi connectivity index (χ1) is 10.1. The van der Waals surface area contributed by atoms with Crippen molar-refractivity contribution < 1.29 is 14.4 Å². The topological polar surface area (TPSA) is 69.7 Å². The number of urea groups is 1. The number of piperidine rings is 1. The van der Waals surface area contributed by atoms with E-state index in [9.17, 15) is 14.4 Å². The highest BCUT2D eigenvalue weighted by molar-refractivity contribution is 6.09. The molecule has 3 fully saturated rings. The van der Waals surface area contributed by atoms with E-state index in [1.54, 1.807) is 4.90 Å². The van der Waals surface area contributed by atoms with Gasteiger partial charge in [-0.1, -0.05) is 19.3 Å². The molecule has 0 atom stereocenters. The van der Waals surface area contributed by atoms with Crippen LogP contribution >= 0.6 is 0 Å². The Bertz CT molecular complexity index is 451. The van der Waals surface area contributed by atoms with E-state index in [1.165, 1.54) is 0 Å². The zero-order valence-corrected chi connectivity index (χ0v) is 12.4. The predicted octanol–water partition coefficient (Wildman–Crippen LogP) is 1.25. The summed E-state index contributed by atoms with van der Waals surface area (Å²) in [6.07, 6.45) is 7.59. The molecule has 0 aromatic carbocycles. The van der Waals surface area contributed by atoms with Crippen LogP contribution in [0.5, 0.6) is 0 Å². The molecule has 2 heterocycles. The van der Waals surface area contributed by atoms with E-state index < -0.39 is 11.6 Å². The van der Waals surface area contributed by atoms with Gasteiger partial charge in [0.05, 0.1) is 0 Å². The molecule has 0 aromatic heterocycles. The van der Waals surface area contributed by atoms with Crippen LogP contribution < -0.4 is 5.32 Å². The van der Waals surface area contributed by atoms with Gasteiger partial charge in [0, 0.05) is 13.1 Å². The molecule has 2 saturated heterocycles. The zero-order chi connectivity index (χ0) is 14.9. The fourth-order valence-electron chi connectivity index (χ4n) is 3.69. The highest BCUT2D eigenvalue weighted by Gasteiger charge is 2.51. The normalized spacial score (nSPS) is 25.3.